The largest absolute Gasteiger partial charge is 0.495 e. The third-order valence-corrected chi connectivity index (χ3v) is 4.26. The van der Waals surface area contributed by atoms with Gasteiger partial charge < -0.3 is 9.15 Å². The molecule has 0 atom stereocenters. The second kappa shape index (κ2) is 5.68. The van der Waals surface area contributed by atoms with Gasteiger partial charge in [-0.15, -0.1) is 0 Å². The molecule has 0 radical (unpaired) electrons. The van der Waals surface area contributed by atoms with Gasteiger partial charge in [0.25, 0.3) is 0 Å². The van der Waals surface area contributed by atoms with Crippen molar-refractivity contribution in [1.29, 1.82) is 0 Å². The lowest BCUT2D eigenvalue weighted by molar-refractivity contribution is 0.402. The smallest absolute Gasteiger partial charge is 0.244 e. The summed E-state index contributed by atoms with van der Waals surface area (Å²) in [4.78, 5) is 0.128. The van der Waals surface area contributed by atoms with Crippen molar-refractivity contribution in [2.75, 3.05) is 7.11 Å². The molecule has 1 heterocycles. The maximum Gasteiger partial charge on any atom is 0.244 e. The van der Waals surface area contributed by atoms with Crippen LogP contribution in [-0.4, -0.2) is 15.5 Å². The van der Waals surface area contributed by atoms with E-state index in [-0.39, 0.29) is 11.4 Å². The van der Waals surface area contributed by atoms with Gasteiger partial charge in [0, 0.05) is 0 Å². The molecule has 2 aromatic rings. The quantitative estimate of drug-likeness (QED) is 0.919. The van der Waals surface area contributed by atoms with Gasteiger partial charge in [-0.25, -0.2) is 13.1 Å². The number of sulfonamides is 1. The van der Waals surface area contributed by atoms with Crippen LogP contribution in [0.15, 0.2) is 39.6 Å². The van der Waals surface area contributed by atoms with Crippen LogP contribution in [0, 0.1) is 13.8 Å². The molecular formula is C14H17NO4S. The van der Waals surface area contributed by atoms with Gasteiger partial charge in [-0.2, -0.15) is 0 Å². The zero-order valence-corrected chi connectivity index (χ0v) is 12.5. The fraction of sp³-hybridized carbons (Fsp3) is 0.286. The molecule has 0 saturated carbocycles. The number of benzene rings is 1. The molecule has 0 spiro atoms. The van der Waals surface area contributed by atoms with E-state index in [9.17, 15) is 8.42 Å². The highest BCUT2D eigenvalue weighted by molar-refractivity contribution is 7.89. The van der Waals surface area contributed by atoms with Crippen LogP contribution >= 0.6 is 0 Å². The summed E-state index contributed by atoms with van der Waals surface area (Å²) in [5.74, 6) is 1.63. The SMILES string of the molecule is COc1ccc(C)cc1S(=O)(=O)NCc1ccc(C)o1. The van der Waals surface area contributed by atoms with Gasteiger partial charge in [0.1, 0.15) is 22.2 Å². The van der Waals surface area contributed by atoms with Gasteiger partial charge >= 0.3 is 0 Å². The van der Waals surface area contributed by atoms with Gasteiger partial charge in [0.15, 0.2) is 0 Å². The first kappa shape index (κ1) is 14.6. The molecule has 0 aliphatic carbocycles. The van der Waals surface area contributed by atoms with Gasteiger partial charge in [-0.3, -0.25) is 0 Å². The van der Waals surface area contributed by atoms with Crippen molar-refractivity contribution >= 4 is 10.0 Å². The third-order valence-electron chi connectivity index (χ3n) is 2.84. The monoisotopic (exact) mass is 295 g/mol. The lowest BCUT2D eigenvalue weighted by Crippen LogP contribution is -2.23. The maximum absolute atomic E-state index is 12.3. The molecule has 1 aromatic heterocycles. The minimum atomic E-state index is -3.65. The molecule has 0 aliphatic rings. The molecule has 1 aromatic carbocycles. The highest BCUT2D eigenvalue weighted by atomic mass is 32.2. The second-order valence-electron chi connectivity index (χ2n) is 4.49. The van der Waals surface area contributed by atoms with Crippen LogP contribution in [0.25, 0.3) is 0 Å². The minimum Gasteiger partial charge on any atom is -0.495 e. The summed E-state index contributed by atoms with van der Waals surface area (Å²) in [5, 5.41) is 0. The van der Waals surface area contributed by atoms with Gasteiger partial charge in [0.2, 0.25) is 10.0 Å². The van der Waals surface area contributed by atoms with Crippen molar-refractivity contribution in [3.8, 4) is 5.75 Å². The molecule has 0 bridgehead atoms. The van der Waals surface area contributed by atoms with Crippen LogP contribution in [0.4, 0.5) is 0 Å². The summed E-state index contributed by atoms with van der Waals surface area (Å²) < 4.78 is 37.6. The number of methoxy groups -OCH3 is 1. The summed E-state index contributed by atoms with van der Waals surface area (Å²) >= 11 is 0. The molecule has 0 aliphatic heterocycles. The van der Waals surface area contributed by atoms with Crippen LogP contribution in [-0.2, 0) is 16.6 Å². The van der Waals surface area contributed by atoms with E-state index in [2.05, 4.69) is 4.72 Å². The molecule has 0 saturated heterocycles. The van der Waals surface area contributed by atoms with E-state index in [1.165, 1.54) is 7.11 Å². The number of furan rings is 1. The normalized spacial score (nSPS) is 11.6. The Balaban J connectivity index is 2.24. The molecular weight excluding hydrogens is 278 g/mol. The van der Waals surface area contributed by atoms with Crippen LogP contribution < -0.4 is 9.46 Å². The minimum absolute atomic E-state index is 0.104. The summed E-state index contributed by atoms with van der Waals surface area (Å²) in [6, 6.07) is 8.55. The number of rotatable bonds is 5. The Morgan fingerprint density at radius 3 is 2.55 bits per heavy atom. The van der Waals surface area contributed by atoms with E-state index in [1.54, 1.807) is 30.3 Å². The summed E-state index contributed by atoms with van der Waals surface area (Å²) in [7, 11) is -2.21. The first-order chi connectivity index (χ1) is 9.42. The van der Waals surface area contributed by atoms with E-state index in [1.807, 2.05) is 13.8 Å². The molecule has 2 rings (SSSR count). The van der Waals surface area contributed by atoms with Crippen LogP contribution in [0.3, 0.4) is 0 Å². The Morgan fingerprint density at radius 2 is 1.95 bits per heavy atom. The molecule has 0 unspecified atom stereocenters. The van der Waals surface area contributed by atoms with E-state index in [0.29, 0.717) is 11.5 Å². The first-order valence-corrected chi connectivity index (χ1v) is 7.60. The van der Waals surface area contributed by atoms with Gasteiger partial charge in [0.05, 0.1) is 13.7 Å². The fourth-order valence-corrected chi connectivity index (χ4v) is 3.06. The molecule has 5 nitrogen and oxygen atoms in total. The number of hydrogen-bond acceptors (Lipinski definition) is 4. The Kier molecular flexibility index (Phi) is 4.15. The van der Waals surface area contributed by atoms with Gasteiger partial charge in [-0.05, 0) is 43.7 Å². The predicted molar refractivity (Wildman–Crippen MR) is 75.2 cm³/mol. The van der Waals surface area contributed by atoms with Crippen LogP contribution in [0.1, 0.15) is 17.1 Å². The fourth-order valence-electron chi connectivity index (χ4n) is 1.82. The third kappa shape index (κ3) is 3.20. The Morgan fingerprint density at radius 1 is 1.20 bits per heavy atom. The predicted octanol–water partition coefficient (Wildman–Crippen LogP) is 2.38. The summed E-state index contributed by atoms with van der Waals surface area (Å²) in [5.41, 5.74) is 0.847. The van der Waals surface area contributed by atoms with Crippen molar-refractivity contribution in [1.82, 2.24) is 4.72 Å². The van der Waals surface area contributed by atoms with Crippen molar-refractivity contribution in [2.45, 2.75) is 25.3 Å². The molecule has 6 heteroatoms. The van der Waals surface area contributed by atoms with E-state index in [0.717, 1.165) is 11.3 Å². The average molecular weight is 295 g/mol. The molecule has 20 heavy (non-hydrogen) atoms. The Bertz CT molecular complexity index is 704. The summed E-state index contributed by atoms with van der Waals surface area (Å²) in [6.07, 6.45) is 0. The van der Waals surface area contributed by atoms with E-state index in [4.69, 9.17) is 9.15 Å². The van der Waals surface area contributed by atoms with Gasteiger partial charge in [-0.1, -0.05) is 6.07 Å². The number of nitrogens with one attached hydrogen (secondary N) is 1. The van der Waals surface area contributed by atoms with E-state index >= 15 is 0 Å². The molecule has 108 valence electrons. The zero-order valence-electron chi connectivity index (χ0n) is 11.6. The molecule has 0 fully saturated rings. The lowest BCUT2D eigenvalue weighted by Gasteiger charge is -2.10. The highest BCUT2D eigenvalue weighted by Gasteiger charge is 2.19. The number of aryl methyl sites for hydroxylation is 2. The van der Waals surface area contributed by atoms with Crippen molar-refractivity contribution in [2.24, 2.45) is 0 Å². The van der Waals surface area contributed by atoms with Crippen molar-refractivity contribution < 1.29 is 17.6 Å². The second-order valence-corrected chi connectivity index (χ2v) is 6.23. The van der Waals surface area contributed by atoms with Crippen molar-refractivity contribution in [3.05, 3.63) is 47.4 Å². The zero-order chi connectivity index (χ0) is 14.8. The topological polar surface area (TPSA) is 68.5 Å². The van der Waals surface area contributed by atoms with Crippen molar-refractivity contribution in [3.63, 3.8) is 0 Å². The number of ether oxygens (including phenoxy) is 1. The highest BCUT2D eigenvalue weighted by Crippen LogP contribution is 2.24. The maximum atomic E-state index is 12.3. The van der Waals surface area contributed by atoms with E-state index < -0.39 is 10.0 Å². The Labute approximate surface area is 118 Å². The molecule has 0 amide bonds. The number of hydrogen-bond donors (Lipinski definition) is 1. The standard InChI is InChI=1S/C14H17NO4S/c1-10-4-7-13(18-3)14(8-10)20(16,17)15-9-12-6-5-11(2)19-12/h4-8,15H,9H2,1-3H3. The molecule has 1 N–H and O–H groups in total. The summed E-state index contributed by atoms with van der Waals surface area (Å²) in [6.45, 7) is 3.74. The first-order valence-electron chi connectivity index (χ1n) is 6.12. The van der Waals surface area contributed by atoms with Crippen LogP contribution in [0.5, 0.6) is 5.75 Å². The average Bonchev–Trinajstić information content (AvgIpc) is 2.82. The van der Waals surface area contributed by atoms with Crippen LogP contribution in [0.2, 0.25) is 0 Å². The lowest BCUT2D eigenvalue weighted by atomic mass is 10.2. The Hall–Kier alpha value is -1.79.